The highest BCUT2D eigenvalue weighted by molar-refractivity contribution is 5.30. The molecule has 0 bridgehead atoms. The molecule has 1 aliphatic rings. The van der Waals surface area contributed by atoms with Gasteiger partial charge in [0.25, 0.3) is 0 Å². The van der Waals surface area contributed by atoms with Crippen LogP contribution in [0.4, 0.5) is 0 Å². The van der Waals surface area contributed by atoms with E-state index in [2.05, 4.69) is 26.0 Å². The van der Waals surface area contributed by atoms with E-state index in [0.717, 1.165) is 18.8 Å². The molecule has 0 radical (unpaired) electrons. The lowest BCUT2D eigenvalue weighted by molar-refractivity contribution is -0.172. The van der Waals surface area contributed by atoms with Crippen molar-refractivity contribution in [3.8, 4) is 5.75 Å². The lowest BCUT2D eigenvalue weighted by Crippen LogP contribution is -2.40. The van der Waals surface area contributed by atoms with Gasteiger partial charge in [0.1, 0.15) is 5.75 Å². The van der Waals surface area contributed by atoms with Crippen LogP contribution in [0.25, 0.3) is 0 Å². The van der Waals surface area contributed by atoms with Crippen molar-refractivity contribution >= 4 is 0 Å². The SMILES string of the molecule is CCC(C)(OC)Oc1ccc(C2OCC2(C)C)cc1. The maximum atomic E-state index is 5.88. The zero-order valence-electron chi connectivity index (χ0n) is 12.5. The first-order valence-corrected chi connectivity index (χ1v) is 6.86. The van der Waals surface area contributed by atoms with E-state index in [-0.39, 0.29) is 11.5 Å². The molecule has 2 rings (SSSR count). The Labute approximate surface area is 115 Å². The maximum absolute atomic E-state index is 5.88. The smallest absolute Gasteiger partial charge is 0.207 e. The first-order chi connectivity index (χ1) is 8.90. The summed E-state index contributed by atoms with van der Waals surface area (Å²) in [6.07, 6.45) is 0.992. The molecule has 1 saturated heterocycles. The Balaban J connectivity index is 2.07. The Morgan fingerprint density at radius 1 is 1.32 bits per heavy atom. The molecule has 0 saturated carbocycles. The van der Waals surface area contributed by atoms with Crippen LogP contribution in [-0.4, -0.2) is 19.5 Å². The van der Waals surface area contributed by atoms with E-state index in [9.17, 15) is 0 Å². The van der Waals surface area contributed by atoms with E-state index in [1.807, 2.05) is 26.0 Å². The van der Waals surface area contributed by atoms with Gasteiger partial charge in [-0.25, -0.2) is 0 Å². The number of hydrogen-bond donors (Lipinski definition) is 0. The van der Waals surface area contributed by atoms with Crippen LogP contribution in [0.3, 0.4) is 0 Å². The molecule has 1 aromatic carbocycles. The average molecular weight is 264 g/mol. The second kappa shape index (κ2) is 5.14. The van der Waals surface area contributed by atoms with Crippen molar-refractivity contribution < 1.29 is 14.2 Å². The van der Waals surface area contributed by atoms with Crippen LogP contribution < -0.4 is 4.74 Å². The van der Waals surface area contributed by atoms with Crippen molar-refractivity contribution in [2.45, 2.75) is 46.0 Å². The van der Waals surface area contributed by atoms with Gasteiger partial charge in [0.15, 0.2) is 0 Å². The molecule has 1 aliphatic heterocycles. The van der Waals surface area contributed by atoms with E-state index < -0.39 is 5.79 Å². The van der Waals surface area contributed by atoms with Crippen molar-refractivity contribution in [1.82, 2.24) is 0 Å². The monoisotopic (exact) mass is 264 g/mol. The molecule has 0 N–H and O–H groups in total. The van der Waals surface area contributed by atoms with Crippen molar-refractivity contribution in [2.75, 3.05) is 13.7 Å². The first-order valence-electron chi connectivity index (χ1n) is 6.86. The Hall–Kier alpha value is -1.06. The van der Waals surface area contributed by atoms with E-state index >= 15 is 0 Å². The lowest BCUT2D eigenvalue weighted by atomic mass is 9.79. The van der Waals surface area contributed by atoms with Crippen LogP contribution in [0.5, 0.6) is 5.75 Å². The Morgan fingerprint density at radius 2 is 1.95 bits per heavy atom. The molecule has 2 atom stereocenters. The van der Waals surface area contributed by atoms with E-state index in [1.165, 1.54) is 5.56 Å². The van der Waals surface area contributed by atoms with E-state index in [1.54, 1.807) is 7.11 Å². The van der Waals surface area contributed by atoms with Gasteiger partial charge in [0, 0.05) is 25.9 Å². The predicted octanol–water partition coefficient (Wildman–Crippen LogP) is 3.94. The molecule has 19 heavy (non-hydrogen) atoms. The number of ether oxygens (including phenoxy) is 3. The van der Waals surface area contributed by atoms with Gasteiger partial charge >= 0.3 is 0 Å². The molecule has 106 valence electrons. The van der Waals surface area contributed by atoms with Crippen LogP contribution in [0.1, 0.15) is 45.8 Å². The zero-order valence-corrected chi connectivity index (χ0v) is 12.5. The molecule has 1 fully saturated rings. The highest BCUT2D eigenvalue weighted by Crippen LogP contribution is 2.45. The quantitative estimate of drug-likeness (QED) is 0.754. The van der Waals surface area contributed by atoms with Gasteiger partial charge in [-0.3, -0.25) is 0 Å². The summed E-state index contributed by atoms with van der Waals surface area (Å²) in [5, 5.41) is 0. The summed E-state index contributed by atoms with van der Waals surface area (Å²) in [6.45, 7) is 9.27. The fraction of sp³-hybridized carbons (Fsp3) is 0.625. The molecule has 0 amide bonds. The molecular weight excluding hydrogens is 240 g/mol. The Bertz CT molecular complexity index is 418. The zero-order chi connectivity index (χ0) is 14.1. The van der Waals surface area contributed by atoms with Crippen LogP contribution in [0, 0.1) is 5.41 Å². The molecule has 3 heteroatoms. The van der Waals surface area contributed by atoms with Crippen molar-refractivity contribution in [3.05, 3.63) is 29.8 Å². The lowest BCUT2D eigenvalue weighted by Gasteiger charge is -2.44. The van der Waals surface area contributed by atoms with E-state index in [0.29, 0.717) is 0 Å². The summed E-state index contributed by atoms with van der Waals surface area (Å²) in [4.78, 5) is 0. The summed E-state index contributed by atoms with van der Waals surface area (Å²) >= 11 is 0. The number of methoxy groups -OCH3 is 1. The molecule has 2 unspecified atom stereocenters. The molecule has 0 aromatic heterocycles. The molecule has 1 heterocycles. The van der Waals surface area contributed by atoms with Crippen LogP contribution in [0.2, 0.25) is 0 Å². The Kier molecular flexibility index (Phi) is 3.88. The Morgan fingerprint density at radius 3 is 2.32 bits per heavy atom. The highest BCUT2D eigenvalue weighted by atomic mass is 16.7. The third kappa shape index (κ3) is 2.93. The van der Waals surface area contributed by atoms with Gasteiger partial charge in [-0.1, -0.05) is 32.9 Å². The summed E-state index contributed by atoms with van der Waals surface area (Å²) in [6, 6.07) is 8.12. The standard InChI is InChI=1S/C16H24O3/c1-6-16(4,17-5)19-13-9-7-12(8-10-13)14-15(2,3)11-18-14/h7-10,14H,6,11H2,1-5H3. The van der Waals surface area contributed by atoms with E-state index in [4.69, 9.17) is 14.2 Å². The maximum Gasteiger partial charge on any atom is 0.207 e. The molecular formula is C16H24O3. The predicted molar refractivity (Wildman–Crippen MR) is 75.2 cm³/mol. The minimum Gasteiger partial charge on any atom is -0.463 e. The van der Waals surface area contributed by atoms with Gasteiger partial charge in [0.05, 0.1) is 12.7 Å². The molecule has 1 aromatic rings. The fourth-order valence-electron chi connectivity index (χ4n) is 2.27. The third-order valence-electron chi connectivity index (χ3n) is 3.92. The fourth-order valence-corrected chi connectivity index (χ4v) is 2.27. The number of rotatable bonds is 5. The van der Waals surface area contributed by atoms with Gasteiger partial charge in [-0.2, -0.15) is 0 Å². The summed E-state index contributed by atoms with van der Waals surface area (Å²) in [5.74, 6) is 0.264. The summed E-state index contributed by atoms with van der Waals surface area (Å²) < 4.78 is 16.9. The first kappa shape index (κ1) is 14.4. The number of benzene rings is 1. The third-order valence-corrected chi connectivity index (χ3v) is 3.92. The highest BCUT2D eigenvalue weighted by Gasteiger charge is 2.41. The topological polar surface area (TPSA) is 27.7 Å². The minimum absolute atomic E-state index is 0.196. The van der Waals surface area contributed by atoms with Gasteiger partial charge < -0.3 is 14.2 Å². The largest absolute Gasteiger partial charge is 0.463 e. The molecule has 0 spiro atoms. The van der Waals surface area contributed by atoms with Crippen LogP contribution in [0.15, 0.2) is 24.3 Å². The van der Waals surface area contributed by atoms with Crippen LogP contribution >= 0.6 is 0 Å². The van der Waals surface area contributed by atoms with Gasteiger partial charge in [-0.05, 0) is 17.7 Å². The molecule has 3 nitrogen and oxygen atoms in total. The van der Waals surface area contributed by atoms with Crippen molar-refractivity contribution in [2.24, 2.45) is 5.41 Å². The minimum atomic E-state index is -0.562. The summed E-state index contributed by atoms with van der Waals surface area (Å²) in [5.41, 5.74) is 1.44. The second-order valence-electron chi connectivity index (χ2n) is 6.04. The van der Waals surface area contributed by atoms with Crippen molar-refractivity contribution in [1.29, 1.82) is 0 Å². The van der Waals surface area contributed by atoms with Crippen LogP contribution in [-0.2, 0) is 9.47 Å². The summed E-state index contributed by atoms with van der Waals surface area (Å²) in [7, 11) is 1.67. The van der Waals surface area contributed by atoms with Gasteiger partial charge in [-0.15, -0.1) is 0 Å². The van der Waals surface area contributed by atoms with Crippen molar-refractivity contribution in [3.63, 3.8) is 0 Å². The van der Waals surface area contributed by atoms with Gasteiger partial charge in [0.2, 0.25) is 5.79 Å². The number of hydrogen-bond acceptors (Lipinski definition) is 3. The normalized spacial score (nSPS) is 24.4. The molecule has 0 aliphatic carbocycles. The second-order valence-corrected chi connectivity index (χ2v) is 6.04. The average Bonchev–Trinajstić information content (AvgIpc) is 2.40.